The van der Waals surface area contributed by atoms with Crippen molar-refractivity contribution in [1.82, 2.24) is 0 Å². The topological polar surface area (TPSA) is 38.8 Å². The second kappa shape index (κ2) is 5.87. The minimum atomic E-state index is -0.311. The fourth-order valence-corrected chi connectivity index (χ4v) is 2.36. The number of rotatable bonds is 4. The number of nitrogens with zero attached hydrogens (tertiary/aromatic N) is 1. The Morgan fingerprint density at radius 1 is 1.10 bits per heavy atom. The van der Waals surface area contributed by atoms with Gasteiger partial charge in [-0.05, 0) is 30.3 Å². The van der Waals surface area contributed by atoms with Crippen LogP contribution >= 0.6 is 0 Å². The van der Waals surface area contributed by atoms with Crippen LogP contribution in [0.5, 0.6) is 5.75 Å². The summed E-state index contributed by atoms with van der Waals surface area (Å²) in [7, 11) is 1.39. The first-order valence-corrected chi connectivity index (χ1v) is 6.91. The van der Waals surface area contributed by atoms with Crippen molar-refractivity contribution >= 4 is 11.7 Å². The van der Waals surface area contributed by atoms with E-state index in [4.69, 9.17) is 9.47 Å². The van der Waals surface area contributed by atoms with Gasteiger partial charge in [-0.2, -0.15) is 0 Å². The molecule has 0 aliphatic carbocycles. The first-order valence-electron chi connectivity index (χ1n) is 6.91. The smallest absolute Gasteiger partial charge is 0.337 e. The normalized spacial score (nSPS) is 14.4. The van der Waals surface area contributed by atoms with E-state index in [9.17, 15) is 4.79 Å². The van der Waals surface area contributed by atoms with Crippen molar-refractivity contribution in [3.05, 3.63) is 60.2 Å². The van der Waals surface area contributed by atoms with Gasteiger partial charge in [-0.1, -0.05) is 24.3 Å². The van der Waals surface area contributed by atoms with Crippen molar-refractivity contribution < 1.29 is 14.3 Å². The lowest BCUT2D eigenvalue weighted by Crippen LogP contribution is -2.54. The Bertz CT molecular complexity index is 621. The molecule has 0 saturated carbocycles. The molecule has 2 aromatic rings. The summed E-state index contributed by atoms with van der Waals surface area (Å²) in [4.78, 5) is 13.7. The number of hydrogen-bond acceptors (Lipinski definition) is 4. The number of ether oxygens (including phenoxy) is 2. The number of esters is 1. The van der Waals surface area contributed by atoms with Gasteiger partial charge in [0.1, 0.15) is 11.9 Å². The maximum atomic E-state index is 11.5. The molecule has 4 heteroatoms. The first-order chi connectivity index (χ1) is 10.3. The Kier molecular flexibility index (Phi) is 3.77. The molecule has 0 unspecified atom stereocenters. The minimum absolute atomic E-state index is 0.189. The minimum Gasteiger partial charge on any atom is -0.487 e. The summed E-state index contributed by atoms with van der Waals surface area (Å²) in [5.74, 6) is 0.583. The highest BCUT2D eigenvalue weighted by atomic mass is 16.5. The molecule has 0 aromatic heterocycles. The average Bonchev–Trinajstić information content (AvgIpc) is 2.51. The number of para-hydroxylation sites is 1. The molecule has 1 aliphatic rings. The van der Waals surface area contributed by atoms with E-state index >= 15 is 0 Å². The highest BCUT2D eigenvalue weighted by Crippen LogP contribution is 2.25. The first kappa shape index (κ1) is 13.5. The van der Waals surface area contributed by atoms with Gasteiger partial charge in [0.15, 0.2) is 0 Å². The van der Waals surface area contributed by atoms with E-state index in [-0.39, 0.29) is 12.1 Å². The zero-order chi connectivity index (χ0) is 14.7. The zero-order valence-electron chi connectivity index (χ0n) is 11.9. The summed E-state index contributed by atoms with van der Waals surface area (Å²) in [5, 5.41) is 0. The molecule has 0 spiro atoms. The summed E-state index contributed by atoms with van der Waals surface area (Å²) >= 11 is 0. The number of anilines is 1. The summed E-state index contributed by atoms with van der Waals surface area (Å²) in [5.41, 5.74) is 1.59. The van der Waals surface area contributed by atoms with Crippen LogP contribution in [0.3, 0.4) is 0 Å². The highest BCUT2D eigenvalue weighted by Gasteiger charge is 2.29. The number of benzene rings is 2. The monoisotopic (exact) mass is 283 g/mol. The van der Waals surface area contributed by atoms with Crippen LogP contribution in [0.2, 0.25) is 0 Å². The van der Waals surface area contributed by atoms with Gasteiger partial charge in [0.05, 0.1) is 25.8 Å². The quantitative estimate of drug-likeness (QED) is 0.809. The number of methoxy groups -OCH3 is 1. The molecule has 1 heterocycles. The fraction of sp³-hybridized carbons (Fsp3) is 0.235. The van der Waals surface area contributed by atoms with Crippen LogP contribution in [-0.2, 0) is 4.74 Å². The Morgan fingerprint density at radius 3 is 2.57 bits per heavy atom. The van der Waals surface area contributed by atoms with Crippen LogP contribution < -0.4 is 9.64 Å². The average molecular weight is 283 g/mol. The second-order valence-corrected chi connectivity index (χ2v) is 5.00. The largest absolute Gasteiger partial charge is 0.487 e. The van der Waals surface area contributed by atoms with Crippen molar-refractivity contribution in [2.45, 2.75) is 6.10 Å². The van der Waals surface area contributed by atoms with Gasteiger partial charge in [0.25, 0.3) is 0 Å². The standard InChI is InChI=1S/C17H17NO3/c1-20-17(19)13-6-5-7-14(10-13)18-11-16(12-18)21-15-8-3-2-4-9-15/h2-10,16H,11-12H2,1H3. The van der Waals surface area contributed by atoms with Gasteiger partial charge >= 0.3 is 5.97 Å². The molecule has 4 nitrogen and oxygen atoms in total. The molecule has 21 heavy (non-hydrogen) atoms. The molecule has 3 rings (SSSR count). The Morgan fingerprint density at radius 2 is 1.86 bits per heavy atom. The van der Waals surface area contributed by atoms with Crippen LogP contribution in [0.25, 0.3) is 0 Å². The van der Waals surface area contributed by atoms with Crippen molar-refractivity contribution in [2.75, 3.05) is 25.1 Å². The lowest BCUT2D eigenvalue weighted by atomic mass is 10.1. The van der Waals surface area contributed by atoms with Crippen molar-refractivity contribution in [2.24, 2.45) is 0 Å². The third kappa shape index (κ3) is 2.99. The van der Waals surface area contributed by atoms with Crippen molar-refractivity contribution in [1.29, 1.82) is 0 Å². The Balaban J connectivity index is 1.60. The van der Waals surface area contributed by atoms with E-state index in [1.807, 2.05) is 48.5 Å². The summed E-state index contributed by atoms with van der Waals surface area (Å²) in [6.45, 7) is 1.64. The summed E-state index contributed by atoms with van der Waals surface area (Å²) in [6.07, 6.45) is 0.189. The zero-order valence-corrected chi connectivity index (χ0v) is 11.9. The third-order valence-electron chi connectivity index (χ3n) is 3.53. The highest BCUT2D eigenvalue weighted by molar-refractivity contribution is 5.90. The molecule has 0 bridgehead atoms. The van der Waals surface area contributed by atoms with E-state index in [1.165, 1.54) is 7.11 Å². The SMILES string of the molecule is COC(=O)c1cccc(N2CC(Oc3ccccc3)C2)c1. The van der Waals surface area contributed by atoms with Gasteiger partial charge in [0, 0.05) is 5.69 Å². The van der Waals surface area contributed by atoms with Crippen molar-refractivity contribution in [3.8, 4) is 5.75 Å². The van der Waals surface area contributed by atoms with E-state index in [1.54, 1.807) is 6.07 Å². The molecule has 0 amide bonds. The van der Waals surface area contributed by atoms with Crippen LogP contribution in [0, 0.1) is 0 Å². The number of carbonyl (C=O) groups is 1. The molecule has 1 fully saturated rings. The maximum Gasteiger partial charge on any atom is 0.337 e. The Hall–Kier alpha value is -2.49. The lowest BCUT2D eigenvalue weighted by molar-refractivity contribution is 0.0601. The molecule has 1 saturated heterocycles. The van der Waals surface area contributed by atoms with Gasteiger partial charge in [0.2, 0.25) is 0 Å². The molecule has 0 radical (unpaired) electrons. The molecular weight excluding hydrogens is 266 g/mol. The second-order valence-electron chi connectivity index (χ2n) is 5.00. The molecule has 108 valence electrons. The van der Waals surface area contributed by atoms with Gasteiger partial charge in [-0.15, -0.1) is 0 Å². The number of carbonyl (C=O) groups excluding carboxylic acids is 1. The molecule has 2 aromatic carbocycles. The van der Waals surface area contributed by atoms with E-state index in [2.05, 4.69) is 4.90 Å². The number of hydrogen-bond donors (Lipinski definition) is 0. The molecule has 0 atom stereocenters. The van der Waals surface area contributed by atoms with E-state index < -0.39 is 0 Å². The van der Waals surface area contributed by atoms with Crippen LogP contribution in [0.15, 0.2) is 54.6 Å². The van der Waals surface area contributed by atoms with E-state index in [0.717, 1.165) is 24.5 Å². The fourth-order valence-electron chi connectivity index (χ4n) is 2.36. The predicted octanol–water partition coefficient (Wildman–Crippen LogP) is 2.74. The third-order valence-corrected chi connectivity index (χ3v) is 3.53. The van der Waals surface area contributed by atoms with Crippen molar-refractivity contribution in [3.63, 3.8) is 0 Å². The summed E-state index contributed by atoms with van der Waals surface area (Å²) in [6, 6.07) is 17.3. The van der Waals surface area contributed by atoms with E-state index in [0.29, 0.717) is 5.56 Å². The van der Waals surface area contributed by atoms with Crippen LogP contribution in [-0.4, -0.2) is 32.3 Å². The maximum absolute atomic E-state index is 11.5. The van der Waals surface area contributed by atoms with Crippen LogP contribution in [0.4, 0.5) is 5.69 Å². The molecular formula is C17H17NO3. The van der Waals surface area contributed by atoms with Gasteiger partial charge < -0.3 is 14.4 Å². The molecule has 1 aliphatic heterocycles. The van der Waals surface area contributed by atoms with Gasteiger partial charge in [-0.3, -0.25) is 0 Å². The lowest BCUT2D eigenvalue weighted by Gasteiger charge is -2.40. The van der Waals surface area contributed by atoms with Crippen LogP contribution in [0.1, 0.15) is 10.4 Å². The molecule has 0 N–H and O–H groups in total. The predicted molar refractivity (Wildman–Crippen MR) is 80.9 cm³/mol. The Labute approximate surface area is 123 Å². The van der Waals surface area contributed by atoms with Gasteiger partial charge in [-0.25, -0.2) is 4.79 Å². The summed E-state index contributed by atoms with van der Waals surface area (Å²) < 4.78 is 10.6.